The van der Waals surface area contributed by atoms with Crippen LogP contribution >= 0.6 is 11.6 Å². The molecule has 1 aromatic heterocycles. The van der Waals surface area contributed by atoms with Crippen LogP contribution in [0, 0.1) is 0 Å². The van der Waals surface area contributed by atoms with Crippen LogP contribution in [-0.2, 0) is 0 Å². The minimum absolute atomic E-state index is 0.488. The summed E-state index contributed by atoms with van der Waals surface area (Å²) in [5.74, 6) is 1.08. The molecule has 19 heavy (non-hydrogen) atoms. The number of aromatic nitrogens is 1. The molecule has 2 N–H and O–H groups in total. The first-order chi connectivity index (χ1) is 9.24. The zero-order valence-electron chi connectivity index (χ0n) is 10.0. The first-order valence-corrected chi connectivity index (χ1v) is 6.18. The van der Waals surface area contributed by atoms with E-state index in [2.05, 4.69) is 4.98 Å². The third kappa shape index (κ3) is 2.33. The van der Waals surface area contributed by atoms with E-state index in [1.807, 2.05) is 30.3 Å². The number of halogens is 1. The summed E-state index contributed by atoms with van der Waals surface area (Å²) < 4.78 is 5.78. The molecule has 94 valence electrons. The van der Waals surface area contributed by atoms with E-state index in [9.17, 15) is 0 Å². The Hall–Kier alpha value is -2.26. The maximum absolute atomic E-state index is 5.88. The molecule has 3 rings (SSSR count). The van der Waals surface area contributed by atoms with Crippen molar-refractivity contribution in [2.45, 2.75) is 0 Å². The van der Waals surface area contributed by atoms with Crippen LogP contribution in [-0.4, -0.2) is 4.98 Å². The molecule has 3 aromatic rings. The molecule has 0 unspecified atom stereocenters. The molecular formula is C15H11ClN2O. The lowest BCUT2D eigenvalue weighted by molar-refractivity contribution is 0.471. The van der Waals surface area contributed by atoms with Crippen LogP contribution < -0.4 is 10.5 Å². The first-order valence-electron chi connectivity index (χ1n) is 5.81. The summed E-state index contributed by atoms with van der Waals surface area (Å²) in [7, 11) is 0. The molecule has 0 saturated carbocycles. The number of anilines is 1. The fraction of sp³-hybridized carbons (Fsp3) is 0. The second-order valence-electron chi connectivity index (χ2n) is 4.12. The number of pyridine rings is 1. The van der Waals surface area contributed by atoms with Crippen molar-refractivity contribution in [1.82, 2.24) is 4.98 Å². The van der Waals surface area contributed by atoms with E-state index in [1.165, 1.54) is 0 Å². The summed E-state index contributed by atoms with van der Waals surface area (Å²) in [6.07, 6.45) is 1.71. The normalized spacial score (nSPS) is 10.6. The highest BCUT2D eigenvalue weighted by molar-refractivity contribution is 6.30. The molecule has 1 heterocycles. The third-order valence-corrected chi connectivity index (χ3v) is 3.05. The highest BCUT2D eigenvalue weighted by Gasteiger charge is 2.07. The van der Waals surface area contributed by atoms with Crippen LogP contribution in [0.2, 0.25) is 5.02 Å². The van der Waals surface area contributed by atoms with Crippen molar-refractivity contribution >= 4 is 28.1 Å². The number of fused-ring (bicyclic) bond motifs is 1. The number of hydrogen-bond acceptors (Lipinski definition) is 3. The standard InChI is InChI=1S/C15H11ClN2O/c16-11-5-6-14(13(17)9-11)19-15-12-4-2-1-3-10(12)7-8-18-15/h1-9H,17H2. The van der Waals surface area contributed by atoms with Crippen molar-refractivity contribution in [2.75, 3.05) is 5.73 Å². The summed E-state index contributed by atoms with van der Waals surface area (Å²) in [6, 6.07) is 15.0. The fourth-order valence-electron chi connectivity index (χ4n) is 1.89. The van der Waals surface area contributed by atoms with Gasteiger partial charge in [-0.1, -0.05) is 29.8 Å². The molecule has 0 aliphatic rings. The van der Waals surface area contributed by atoms with Gasteiger partial charge in [-0.15, -0.1) is 0 Å². The molecular weight excluding hydrogens is 260 g/mol. The van der Waals surface area contributed by atoms with Gasteiger partial charge in [0, 0.05) is 16.6 Å². The van der Waals surface area contributed by atoms with Gasteiger partial charge in [-0.2, -0.15) is 0 Å². The molecule has 0 atom stereocenters. The van der Waals surface area contributed by atoms with Gasteiger partial charge in [0.2, 0.25) is 5.88 Å². The molecule has 0 radical (unpaired) electrons. The van der Waals surface area contributed by atoms with Gasteiger partial charge in [-0.3, -0.25) is 0 Å². The minimum Gasteiger partial charge on any atom is -0.436 e. The third-order valence-electron chi connectivity index (χ3n) is 2.82. The molecule has 0 saturated heterocycles. The summed E-state index contributed by atoms with van der Waals surface area (Å²) >= 11 is 5.86. The SMILES string of the molecule is Nc1cc(Cl)ccc1Oc1nccc2ccccc12. The maximum Gasteiger partial charge on any atom is 0.227 e. The molecule has 0 bridgehead atoms. The molecule has 0 aliphatic heterocycles. The highest BCUT2D eigenvalue weighted by Crippen LogP contribution is 2.32. The molecule has 0 amide bonds. The number of ether oxygens (including phenoxy) is 1. The topological polar surface area (TPSA) is 48.1 Å². The second kappa shape index (κ2) is 4.78. The first kappa shape index (κ1) is 11.8. The average Bonchev–Trinajstić information content (AvgIpc) is 2.42. The van der Waals surface area contributed by atoms with Gasteiger partial charge in [0.15, 0.2) is 5.75 Å². The number of hydrogen-bond donors (Lipinski definition) is 1. The summed E-state index contributed by atoms with van der Waals surface area (Å²) in [6.45, 7) is 0. The van der Waals surface area contributed by atoms with Crippen LogP contribution in [0.4, 0.5) is 5.69 Å². The molecule has 3 nitrogen and oxygen atoms in total. The number of benzene rings is 2. The Morgan fingerprint density at radius 3 is 2.74 bits per heavy atom. The predicted octanol–water partition coefficient (Wildman–Crippen LogP) is 4.26. The van der Waals surface area contributed by atoms with Crippen LogP contribution in [0.5, 0.6) is 11.6 Å². The maximum atomic E-state index is 5.88. The van der Waals surface area contributed by atoms with Gasteiger partial charge in [-0.05, 0) is 35.7 Å². The molecule has 4 heteroatoms. The minimum atomic E-state index is 0.488. The lowest BCUT2D eigenvalue weighted by atomic mass is 10.2. The Morgan fingerprint density at radius 2 is 1.89 bits per heavy atom. The number of nitrogens with two attached hydrogens (primary N) is 1. The van der Waals surface area contributed by atoms with E-state index >= 15 is 0 Å². The van der Waals surface area contributed by atoms with Crippen molar-refractivity contribution in [1.29, 1.82) is 0 Å². The van der Waals surface area contributed by atoms with Crippen molar-refractivity contribution in [3.63, 3.8) is 0 Å². The van der Waals surface area contributed by atoms with Gasteiger partial charge in [-0.25, -0.2) is 4.98 Å². The van der Waals surface area contributed by atoms with Crippen LogP contribution in [0.15, 0.2) is 54.7 Å². The van der Waals surface area contributed by atoms with Crippen molar-refractivity contribution < 1.29 is 4.74 Å². The van der Waals surface area contributed by atoms with Crippen LogP contribution in [0.1, 0.15) is 0 Å². The van der Waals surface area contributed by atoms with Crippen molar-refractivity contribution in [2.24, 2.45) is 0 Å². The van der Waals surface area contributed by atoms with Gasteiger partial charge in [0.1, 0.15) is 0 Å². The molecule has 0 spiro atoms. The lowest BCUT2D eigenvalue weighted by Gasteiger charge is -2.09. The summed E-state index contributed by atoms with van der Waals surface area (Å²) in [5, 5.41) is 2.59. The number of rotatable bonds is 2. The Kier molecular flexibility index (Phi) is 2.97. The van der Waals surface area contributed by atoms with E-state index in [0.29, 0.717) is 22.3 Å². The largest absolute Gasteiger partial charge is 0.436 e. The molecule has 0 fully saturated rings. The van der Waals surface area contributed by atoms with E-state index in [4.69, 9.17) is 22.1 Å². The monoisotopic (exact) mass is 270 g/mol. The Labute approximate surface area is 115 Å². The van der Waals surface area contributed by atoms with Gasteiger partial charge >= 0.3 is 0 Å². The summed E-state index contributed by atoms with van der Waals surface area (Å²) in [5.41, 5.74) is 6.36. The van der Waals surface area contributed by atoms with Gasteiger partial charge in [0.25, 0.3) is 0 Å². The van der Waals surface area contributed by atoms with Gasteiger partial charge in [0.05, 0.1) is 5.69 Å². The van der Waals surface area contributed by atoms with Crippen LogP contribution in [0.25, 0.3) is 10.8 Å². The van der Waals surface area contributed by atoms with E-state index in [-0.39, 0.29) is 0 Å². The fourth-order valence-corrected chi connectivity index (χ4v) is 2.07. The number of nitrogens with zero attached hydrogens (tertiary/aromatic N) is 1. The van der Waals surface area contributed by atoms with Crippen molar-refractivity contribution in [3.8, 4) is 11.6 Å². The Balaban J connectivity index is 2.06. The van der Waals surface area contributed by atoms with E-state index < -0.39 is 0 Å². The second-order valence-corrected chi connectivity index (χ2v) is 4.56. The Morgan fingerprint density at radius 1 is 1.05 bits per heavy atom. The van der Waals surface area contributed by atoms with Gasteiger partial charge < -0.3 is 10.5 Å². The van der Waals surface area contributed by atoms with E-state index in [0.717, 1.165) is 10.8 Å². The highest BCUT2D eigenvalue weighted by atomic mass is 35.5. The zero-order valence-corrected chi connectivity index (χ0v) is 10.8. The molecule has 2 aromatic carbocycles. The zero-order chi connectivity index (χ0) is 13.2. The van der Waals surface area contributed by atoms with Crippen molar-refractivity contribution in [3.05, 3.63) is 59.8 Å². The quantitative estimate of drug-likeness (QED) is 0.708. The van der Waals surface area contributed by atoms with Crippen LogP contribution in [0.3, 0.4) is 0 Å². The number of nitrogen functional groups attached to an aromatic ring is 1. The smallest absolute Gasteiger partial charge is 0.227 e. The Bertz CT molecular complexity index is 738. The average molecular weight is 271 g/mol. The van der Waals surface area contributed by atoms with E-state index in [1.54, 1.807) is 24.4 Å². The molecule has 0 aliphatic carbocycles. The predicted molar refractivity (Wildman–Crippen MR) is 77.7 cm³/mol. The lowest BCUT2D eigenvalue weighted by Crippen LogP contribution is -1.94. The summed E-state index contributed by atoms with van der Waals surface area (Å²) in [4.78, 5) is 4.25.